The maximum Gasteiger partial charge on any atom is 0.306 e. The Hall–Kier alpha value is -1.97. The van der Waals surface area contributed by atoms with Crippen molar-refractivity contribution in [1.29, 1.82) is 5.26 Å². The van der Waals surface area contributed by atoms with E-state index in [9.17, 15) is 9.18 Å². The SMILES string of the molecule is CCOC(=O)CC1CCN(C2CCCC(OCc3ccc(C#N)cc3F)C2)CC1. The van der Waals surface area contributed by atoms with Crippen molar-refractivity contribution >= 4 is 5.97 Å². The largest absolute Gasteiger partial charge is 0.466 e. The molecule has 1 heterocycles. The van der Waals surface area contributed by atoms with Gasteiger partial charge in [0, 0.05) is 18.0 Å². The Bertz CT molecular complexity index is 725. The minimum atomic E-state index is -0.375. The molecule has 0 aromatic heterocycles. The van der Waals surface area contributed by atoms with Crippen LogP contribution in [0.15, 0.2) is 18.2 Å². The first-order valence-corrected chi connectivity index (χ1v) is 10.8. The number of likely N-dealkylation sites (tertiary alicyclic amines) is 1. The highest BCUT2D eigenvalue weighted by Gasteiger charge is 2.30. The monoisotopic (exact) mass is 402 g/mol. The number of halogens is 1. The summed E-state index contributed by atoms with van der Waals surface area (Å²) in [6.07, 6.45) is 7.03. The van der Waals surface area contributed by atoms with Crippen LogP contribution in [0.4, 0.5) is 4.39 Å². The van der Waals surface area contributed by atoms with Crippen molar-refractivity contribution in [2.75, 3.05) is 19.7 Å². The van der Waals surface area contributed by atoms with E-state index in [1.807, 2.05) is 13.0 Å². The van der Waals surface area contributed by atoms with E-state index < -0.39 is 0 Å². The van der Waals surface area contributed by atoms with E-state index in [1.165, 1.54) is 12.5 Å². The minimum Gasteiger partial charge on any atom is -0.466 e. The van der Waals surface area contributed by atoms with E-state index in [4.69, 9.17) is 14.7 Å². The lowest BCUT2D eigenvalue weighted by Crippen LogP contribution is -2.45. The van der Waals surface area contributed by atoms with Gasteiger partial charge in [-0.2, -0.15) is 5.26 Å². The predicted octanol–water partition coefficient (Wildman–Crippen LogP) is 4.19. The fourth-order valence-corrected chi connectivity index (χ4v) is 4.52. The van der Waals surface area contributed by atoms with Gasteiger partial charge in [0.2, 0.25) is 0 Å². The number of ether oxygens (including phenoxy) is 2. The van der Waals surface area contributed by atoms with Crippen LogP contribution in [0.3, 0.4) is 0 Å². The molecule has 1 aliphatic carbocycles. The summed E-state index contributed by atoms with van der Waals surface area (Å²) in [4.78, 5) is 14.2. The van der Waals surface area contributed by atoms with E-state index in [0.29, 0.717) is 36.1 Å². The van der Waals surface area contributed by atoms with Gasteiger partial charge in [0.15, 0.2) is 0 Å². The van der Waals surface area contributed by atoms with Gasteiger partial charge >= 0.3 is 5.97 Å². The average molecular weight is 403 g/mol. The Morgan fingerprint density at radius 3 is 2.76 bits per heavy atom. The quantitative estimate of drug-likeness (QED) is 0.640. The number of hydrogen-bond acceptors (Lipinski definition) is 5. The van der Waals surface area contributed by atoms with Gasteiger partial charge in [-0.25, -0.2) is 4.39 Å². The van der Waals surface area contributed by atoms with Crippen molar-refractivity contribution in [1.82, 2.24) is 4.90 Å². The number of esters is 1. The molecule has 1 saturated carbocycles. The molecule has 0 bridgehead atoms. The Morgan fingerprint density at radius 1 is 1.28 bits per heavy atom. The summed E-state index contributed by atoms with van der Waals surface area (Å²) in [5, 5.41) is 8.85. The molecule has 0 N–H and O–H groups in total. The number of piperidine rings is 1. The van der Waals surface area contributed by atoms with Gasteiger partial charge in [0.25, 0.3) is 0 Å². The molecule has 3 rings (SSSR count). The average Bonchev–Trinajstić information content (AvgIpc) is 2.73. The van der Waals surface area contributed by atoms with Gasteiger partial charge in [-0.1, -0.05) is 6.07 Å². The molecule has 29 heavy (non-hydrogen) atoms. The smallest absolute Gasteiger partial charge is 0.306 e. The van der Waals surface area contributed by atoms with Crippen LogP contribution in [0.1, 0.15) is 63.0 Å². The fraction of sp³-hybridized carbons (Fsp3) is 0.652. The second-order valence-electron chi connectivity index (χ2n) is 8.16. The van der Waals surface area contributed by atoms with Crippen molar-refractivity contribution in [3.8, 4) is 6.07 Å². The number of nitrogens with zero attached hydrogens (tertiary/aromatic N) is 2. The molecular formula is C23H31FN2O3. The standard InChI is InChI=1S/C23H31FN2O3/c1-2-28-23(27)13-17-8-10-26(11-9-17)20-4-3-5-21(14-20)29-16-19-7-6-18(15-25)12-22(19)24/h6-7,12,17,20-21H,2-5,8-11,13-14,16H2,1H3. The van der Waals surface area contributed by atoms with Gasteiger partial charge in [-0.05, 0) is 76.6 Å². The van der Waals surface area contributed by atoms with Gasteiger partial charge in [0.1, 0.15) is 5.82 Å². The van der Waals surface area contributed by atoms with Gasteiger partial charge in [0.05, 0.1) is 31.0 Å². The van der Waals surface area contributed by atoms with E-state index in [-0.39, 0.29) is 24.5 Å². The van der Waals surface area contributed by atoms with Crippen LogP contribution < -0.4 is 0 Å². The highest BCUT2D eigenvalue weighted by molar-refractivity contribution is 5.69. The van der Waals surface area contributed by atoms with Crippen molar-refractivity contribution in [2.24, 2.45) is 5.92 Å². The van der Waals surface area contributed by atoms with E-state index in [0.717, 1.165) is 45.2 Å². The number of hydrogen-bond donors (Lipinski definition) is 0. The molecule has 1 aromatic rings. The van der Waals surface area contributed by atoms with Gasteiger partial charge < -0.3 is 14.4 Å². The molecule has 1 aliphatic heterocycles. The van der Waals surface area contributed by atoms with Crippen LogP contribution in [0.25, 0.3) is 0 Å². The lowest BCUT2D eigenvalue weighted by atomic mass is 9.87. The van der Waals surface area contributed by atoms with Gasteiger partial charge in [-0.3, -0.25) is 4.79 Å². The van der Waals surface area contributed by atoms with E-state index in [1.54, 1.807) is 12.1 Å². The molecule has 2 unspecified atom stereocenters. The molecule has 2 fully saturated rings. The number of benzene rings is 1. The van der Waals surface area contributed by atoms with Crippen LogP contribution in [0.5, 0.6) is 0 Å². The molecule has 2 aliphatic rings. The Morgan fingerprint density at radius 2 is 2.07 bits per heavy atom. The summed E-state index contributed by atoms with van der Waals surface area (Å²) in [7, 11) is 0. The molecule has 1 saturated heterocycles. The van der Waals surface area contributed by atoms with E-state index in [2.05, 4.69) is 4.90 Å². The minimum absolute atomic E-state index is 0.0767. The van der Waals surface area contributed by atoms with Crippen LogP contribution in [-0.4, -0.2) is 42.7 Å². The highest BCUT2D eigenvalue weighted by atomic mass is 19.1. The zero-order valence-electron chi connectivity index (χ0n) is 17.2. The van der Waals surface area contributed by atoms with Crippen LogP contribution >= 0.6 is 0 Å². The number of carbonyl (C=O) groups excluding carboxylic acids is 1. The Labute approximate surface area is 172 Å². The summed E-state index contributed by atoms with van der Waals surface area (Å²) in [6.45, 7) is 4.58. The molecule has 0 radical (unpaired) electrons. The maximum atomic E-state index is 14.1. The molecule has 6 heteroatoms. The molecule has 0 spiro atoms. The lowest BCUT2D eigenvalue weighted by Gasteiger charge is -2.41. The van der Waals surface area contributed by atoms with Crippen LogP contribution in [-0.2, 0) is 20.9 Å². The highest BCUT2D eigenvalue weighted by Crippen LogP contribution is 2.30. The summed E-state index contributed by atoms with van der Waals surface area (Å²) >= 11 is 0. The third kappa shape index (κ3) is 6.25. The van der Waals surface area contributed by atoms with Crippen molar-refractivity contribution in [2.45, 2.75) is 70.6 Å². The third-order valence-corrected chi connectivity index (χ3v) is 6.18. The first kappa shape index (κ1) is 21.7. The van der Waals surface area contributed by atoms with Crippen LogP contribution in [0, 0.1) is 23.1 Å². The molecule has 2 atom stereocenters. The number of carbonyl (C=O) groups is 1. The molecule has 158 valence electrons. The summed E-state index contributed by atoms with van der Waals surface area (Å²) in [5.41, 5.74) is 0.834. The Balaban J connectivity index is 1.44. The molecular weight excluding hydrogens is 371 g/mol. The van der Waals surface area contributed by atoms with Crippen molar-refractivity contribution in [3.63, 3.8) is 0 Å². The molecule has 1 aromatic carbocycles. The van der Waals surface area contributed by atoms with Crippen LogP contribution in [0.2, 0.25) is 0 Å². The second-order valence-corrected chi connectivity index (χ2v) is 8.16. The zero-order chi connectivity index (χ0) is 20.6. The second kappa shape index (κ2) is 10.7. The summed E-state index contributed by atoms with van der Waals surface area (Å²) < 4.78 is 25.2. The number of nitriles is 1. The topological polar surface area (TPSA) is 62.6 Å². The van der Waals surface area contributed by atoms with Crippen molar-refractivity contribution < 1.29 is 18.7 Å². The summed E-state index contributed by atoms with van der Waals surface area (Å²) in [5.74, 6) is -0.0208. The Kier molecular flexibility index (Phi) is 8.02. The zero-order valence-corrected chi connectivity index (χ0v) is 17.2. The molecule has 5 nitrogen and oxygen atoms in total. The normalized spacial score (nSPS) is 23.5. The van der Waals surface area contributed by atoms with E-state index >= 15 is 0 Å². The maximum absolute atomic E-state index is 14.1. The third-order valence-electron chi connectivity index (χ3n) is 6.18. The molecule has 0 amide bonds. The van der Waals surface area contributed by atoms with Crippen molar-refractivity contribution in [3.05, 3.63) is 35.1 Å². The first-order chi connectivity index (χ1) is 14.1. The number of rotatable bonds is 7. The first-order valence-electron chi connectivity index (χ1n) is 10.8. The predicted molar refractivity (Wildman–Crippen MR) is 107 cm³/mol. The lowest BCUT2D eigenvalue weighted by molar-refractivity contribution is -0.144. The summed E-state index contributed by atoms with van der Waals surface area (Å²) in [6, 6.07) is 6.99. The fourth-order valence-electron chi connectivity index (χ4n) is 4.52. The van der Waals surface area contributed by atoms with Gasteiger partial charge in [-0.15, -0.1) is 0 Å².